The molecule has 0 aromatic heterocycles. The predicted octanol–water partition coefficient (Wildman–Crippen LogP) is 1.53. The first-order valence-electron chi connectivity index (χ1n) is 4.43. The first kappa shape index (κ1) is 7.29. The molecule has 2 heteroatoms. The number of hydrogen-bond acceptors (Lipinski definition) is 2. The van der Waals surface area contributed by atoms with Crippen molar-refractivity contribution in [3.05, 3.63) is 0 Å². The van der Waals surface area contributed by atoms with E-state index in [1.165, 1.54) is 0 Å². The van der Waals surface area contributed by atoms with Crippen molar-refractivity contribution in [1.29, 1.82) is 0 Å². The first-order valence-corrected chi connectivity index (χ1v) is 4.43. The fourth-order valence-corrected chi connectivity index (χ4v) is 2.23. The third-order valence-electron chi connectivity index (χ3n) is 2.79. The van der Waals surface area contributed by atoms with E-state index in [0.717, 1.165) is 19.3 Å². The van der Waals surface area contributed by atoms with Crippen LogP contribution in [0.4, 0.5) is 0 Å². The predicted molar refractivity (Wildman–Crippen MR) is 41.3 cm³/mol. The van der Waals surface area contributed by atoms with Crippen molar-refractivity contribution >= 4 is 5.78 Å². The standard InChI is InChI=1S/C9H14O2/c1-6-4-7-2-3-8(10)5-9(7)11-6/h6-7,9H,2-5H2,1H3/t6-,7+,9+/m1/s1. The Balaban J connectivity index is 2.02. The molecule has 2 aliphatic rings. The monoisotopic (exact) mass is 154 g/mol. The summed E-state index contributed by atoms with van der Waals surface area (Å²) in [4.78, 5) is 11.0. The lowest BCUT2D eigenvalue weighted by atomic mass is 9.85. The summed E-state index contributed by atoms with van der Waals surface area (Å²) in [6.07, 6.45) is 4.35. The molecule has 0 radical (unpaired) electrons. The van der Waals surface area contributed by atoms with E-state index in [4.69, 9.17) is 4.74 Å². The van der Waals surface area contributed by atoms with E-state index in [2.05, 4.69) is 6.92 Å². The summed E-state index contributed by atoms with van der Waals surface area (Å²) in [5.41, 5.74) is 0. The van der Waals surface area contributed by atoms with Crippen LogP contribution in [0, 0.1) is 5.92 Å². The maximum absolute atomic E-state index is 11.0. The molecule has 0 amide bonds. The minimum absolute atomic E-state index is 0.270. The Kier molecular flexibility index (Phi) is 1.72. The minimum Gasteiger partial charge on any atom is -0.375 e. The average molecular weight is 154 g/mol. The summed E-state index contributed by atoms with van der Waals surface area (Å²) >= 11 is 0. The zero-order chi connectivity index (χ0) is 7.84. The van der Waals surface area contributed by atoms with Gasteiger partial charge in [0.05, 0.1) is 12.2 Å². The summed E-state index contributed by atoms with van der Waals surface area (Å²) in [5.74, 6) is 1.07. The van der Waals surface area contributed by atoms with Gasteiger partial charge in [-0.25, -0.2) is 0 Å². The van der Waals surface area contributed by atoms with Crippen molar-refractivity contribution in [2.75, 3.05) is 0 Å². The smallest absolute Gasteiger partial charge is 0.135 e. The Hall–Kier alpha value is -0.370. The Morgan fingerprint density at radius 1 is 1.55 bits per heavy atom. The highest BCUT2D eigenvalue weighted by Crippen LogP contribution is 2.35. The lowest BCUT2D eigenvalue weighted by Crippen LogP contribution is -2.26. The van der Waals surface area contributed by atoms with Crippen LogP contribution < -0.4 is 0 Å². The molecule has 1 saturated heterocycles. The molecule has 0 bridgehead atoms. The van der Waals surface area contributed by atoms with Gasteiger partial charge >= 0.3 is 0 Å². The number of ether oxygens (including phenoxy) is 1. The average Bonchev–Trinajstić information content (AvgIpc) is 2.27. The summed E-state index contributed by atoms with van der Waals surface area (Å²) < 4.78 is 5.61. The van der Waals surface area contributed by atoms with Crippen LogP contribution in [-0.4, -0.2) is 18.0 Å². The van der Waals surface area contributed by atoms with Crippen LogP contribution in [0.25, 0.3) is 0 Å². The molecule has 1 saturated carbocycles. The summed E-state index contributed by atoms with van der Waals surface area (Å²) in [5, 5.41) is 0. The molecule has 1 heterocycles. The van der Waals surface area contributed by atoms with Crippen molar-refractivity contribution in [2.45, 2.75) is 44.8 Å². The van der Waals surface area contributed by atoms with Crippen LogP contribution in [0.15, 0.2) is 0 Å². The molecular weight excluding hydrogens is 140 g/mol. The minimum atomic E-state index is 0.270. The molecule has 0 N–H and O–H groups in total. The van der Waals surface area contributed by atoms with Crippen LogP contribution >= 0.6 is 0 Å². The van der Waals surface area contributed by atoms with Crippen LogP contribution in [0.3, 0.4) is 0 Å². The van der Waals surface area contributed by atoms with Gasteiger partial charge in [-0.1, -0.05) is 0 Å². The lowest BCUT2D eigenvalue weighted by Gasteiger charge is -2.22. The van der Waals surface area contributed by atoms with E-state index in [9.17, 15) is 4.79 Å². The fourth-order valence-electron chi connectivity index (χ4n) is 2.23. The third-order valence-corrected chi connectivity index (χ3v) is 2.79. The molecule has 0 spiro atoms. The molecular formula is C9H14O2. The summed E-state index contributed by atoms with van der Waals surface area (Å²) in [7, 11) is 0. The lowest BCUT2D eigenvalue weighted by molar-refractivity contribution is -0.124. The number of carbonyl (C=O) groups is 1. The zero-order valence-corrected chi connectivity index (χ0v) is 6.88. The Labute approximate surface area is 66.9 Å². The summed E-state index contributed by atoms with van der Waals surface area (Å²) in [6.45, 7) is 2.10. The number of Topliss-reactive ketones (excluding diaryl/α,β-unsaturated/α-hetero) is 1. The van der Waals surface area contributed by atoms with Crippen molar-refractivity contribution in [1.82, 2.24) is 0 Å². The molecule has 2 fully saturated rings. The van der Waals surface area contributed by atoms with Crippen molar-refractivity contribution in [3.8, 4) is 0 Å². The SMILES string of the molecule is C[C@@H]1C[C@@H]2CCC(=O)C[C@@H]2O1. The molecule has 0 unspecified atom stereocenters. The Bertz CT molecular complexity index is 176. The highest BCUT2D eigenvalue weighted by Gasteiger charge is 2.37. The van der Waals surface area contributed by atoms with Gasteiger partial charge in [-0.3, -0.25) is 4.79 Å². The number of fused-ring (bicyclic) bond motifs is 1. The molecule has 11 heavy (non-hydrogen) atoms. The maximum atomic E-state index is 11.0. The molecule has 3 atom stereocenters. The van der Waals surface area contributed by atoms with Crippen LogP contribution in [0.1, 0.15) is 32.6 Å². The van der Waals surface area contributed by atoms with Gasteiger partial charge in [0.25, 0.3) is 0 Å². The van der Waals surface area contributed by atoms with Crippen LogP contribution in [0.5, 0.6) is 0 Å². The topological polar surface area (TPSA) is 26.3 Å². The Morgan fingerprint density at radius 3 is 3.18 bits per heavy atom. The normalized spacial score (nSPS) is 44.1. The molecule has 62 valence electrons. The van der Waals surface area contributed by atoms with E-state index in [1.54, 1.807) is 0 Å². The van der Waals surface area contributed by atoms with Gasteiger partial charge in [0, 0.05) is 12.8 Å². The van der Waals surface area contributed by atoms with E-state index in [0.29, 0.717) is 24.2 Å². The van der Waals surface area contributed by atoms with Crippen molar-refractivity contribution in [2.24, 2.45) is 5.92 Å². The molecule has 0 aromatic rings. The largest absolute Gasteiger partial charge is 0.375 e. The van der Waals surface area contributed by atoms with Gasteiger partial charge in [-0.2, -0.15) is 0 Å². The highest BCUT2D eigenvalue weighted by molar-refractivity contribution is 5.79. The molecule has 0 aromatic carbocycles. The maximum Gasteiger partial charge on any atom is 0.135 e. The molecule has 1 aliphatic heterocycles. The van der Waals surface area contributed by atoms with Gasteiger partial charge < -0.3 is 4.74 Å². The van der Waals surface area contributed by atoms with E-state index >= 15 is 0 Å². The second-order valence-corrected chi connectivity index (χ2v) is 3.76. The highest BCUT2D eigenvalue weighted by atomic mass is 16.5. The van der Waals surface area contributed by atoms with Gasteiger partial charge in [-0.05, 0) is 25.7 Å². The van der Waals surface area contributed by atoms with Crippen LogP contribution in [0.2, 0.25) is 0 Å². The van der Waals surface area contributed by atoms with Gasteiger partial charge in [0.15, 0.2) is 0 Å². The number of carbonyl (C=O) groups excluding carboxylic acids is 1. The van der Waals surface area contributed by atoms with E-state index < -0.39 is 0 Å². The van der Waals surface area contributed by atoms with E-state index in [-0.39, 0.29) is 6.10 Å². The Morgan fingerprint density at radius 2 is 2.36 bits per heavy atom. The summed E-state index contributed by atoms with van der Waals surface area (Å²) in [6, 6.07) is 0. The quantitative estimate of drug-likeness (QED) is 0.529. The number of hydrogen-bond donors (Lipinski definition) is 0. The second-order valence-electron chi connectivity index (χ2n) is 3.76. The van der Waals surface area contributed by atoms with Gasteiger partial charge in [0.2, 0.25) is 0 Å². The number of ketones is 1. The van der Waals surface area contributed by atoms with Crippen molar-refractivity contribution < 1.29 is 9.53 Å². The third kappa shape index (κ3) is 1.32. The number of rotatable bonds is 0. The van der Waals surface area contributed by atoms with Crippen LogP contribution in [-0.2, 0) is 9.53 Å². The zero-order valence-electron chi connectivity index (χ0n) is 6.88. The van der Waals surface area contributed by atoms with Crippen molar-refractivity contribution in [3.63, 3.8) is 0 Å². The molecule has 1 aliphatic carbocycles. The molecule has 2 nitrogen and oxygen atoms in total. The second kappa shape index (κ2) is 2.59. The fraction of sp³-hybridized carbons (Fsp3) is 0.889. The van der Waals surface area contributed by atoms with E-state index in [1.807, 2.05) is 0 Å². The molecule has 2 rings (SSSR count). The first-order chi connectivity index (χ1) is 5.25. The van der Waals surface area contributed by atoms with Gasteiger partial charge in [0.1, 0.15) is 5.78 Å². The van der Waals surface area contributed by atoms with Gasteiger partial charge in [-0.15, -0.1) is 0 Å².